The predicted molar refractivity (Wildman–Crippen MR) is 76.9 cm³/mol. The highest BCUT2D eigenvalue weighted by Gasteiger charge is 2.09. The Morgan fingerprint density at radius 3 is 2.74 bits per heavy atom. The lowest BCUT2D eigenvalue weighted by molar-refractivity contribution is 0.602. The van der Waals surface area contributed by atoms with E-state index >= 15 is 0 Å². The van der Waals surface area contributed by atoms with Crippen molar-refractivity contribution in [2.75, 3.05) is 5.73 Å². The Kier molecular flexibility index (Phi) is 2.91. The van der Waals surface area contributed by atoms with Gasteiger partial charge in [-0.05, 0) is 24.3 Å². The number of rotatable bonds is 2. The zero-order chi connectivity index (χ0) is 13.4. The second kappa shape index (κ2) is 4.59. The van der Waals surface area contributed by atoms with Crippen LogP contribution in [0.5, 0.6) is 0 Å². The molecular formula is C15H12ClFN2. The summed E-state index contributed by atoms with van der Waals surface area (Å²) in [5.41, 5.74) is 8.18. The van der Waals surface area contributed by atoms with Crippen LogP contribution in [0, 0.1) is 5.82 Å². The summed E-state index contributed by atoms with van der Waals surface area (Å²) >= 11 is 5.79. The number of hydrogen-bond acceptors (Lipinski definition) is 1. The molecule has 1 aromatic heterocycles. The van der Waals surface area contributed by atoms with E-state index in [0.717, 1.165) is 16.6 Å². The molecule has 4 heteroatoms. The van der Waals surface area contributed by atoms with Gasteiger partial charge in [-0.3, -0.25) is 0 Å². The van der Waals surface area contributed by atoms with Gasteiger partial charge in [0, 0.05) is 22.8 Å². The fourth-order valence-corrected chi connectivity index (χ4v) is 2.43. The fourth-order valence-electron chi connectivity index (χ4n) is 2.24. The molecule has 3 aromatic rings. The van der Waals surface area contributed by atoms with Crippen molar-refractivity contribution in [3.05, 3.63) is 65.1 Å². The highest BCUT2D eigenvalue weighted by molar-refractivity contribution is 6.30. The molecule has 0 aliphatic heterocycles. The van der Waals surface area contributed by atoms with Crippen LogP contribution in [0.25, 0.3) is 10.9 Å². The molecule has 0 aliphatic carbocycles. The third-order valence-corrected chi connectivity index (χ3v) is 3.51. The van der Waals surface area contributed by atoms with Crippen molar-refractivity contribution in [1.29, 1.82) is 0 Å². The molecule has 0 atom stereocenters. The first-order valence-corrected chi connectivity index (χ1v) is 6.31. The number of aromatic nitrogens is 1. The summed E-state index contributed by atoms with van der Waals surface area (Å²) in [5, 5.41) is 1.12. The molecule has 2 N–H and O–H groups in total. The molecule has 1 heterocycles. The van der Waals surface area contributed by atoms with Gasteiger partial charge in [0.1, 0.15) is 5.82 Å². The summed E-state index contributed by atoms with van der Waals surface area (Å²) in [7, 11) is 0. The van der Waals surface area contributed by atoms with Crippen LogP contribution in [0.15, 0.2) is 48.7 Å². The number of nitrogen functional groups attached to an aromatic ring is 1. The third kappa shape index (κ3) is 2.06. The van der Waals surface area contributed by atoms with E-state index in [-0.39, 0.29) is 10.8 Å². The molecule has 0 bridgehead atoms. The molecule has 0 radical (unpaired) electrons. The van der Waals surface area contributed by atoms with Crippen molar-refractivity contribution in [3.63, 3.8) is 0 Å². The van der Waals surface area contributed by atoms with Gasteiger partial charge >= 0.3 is 0 Å². The van der Waals surface area contributed by atoms with Crippen molar-refractivity contribution in [2.45, 2.75) is 6.54 Å². The summed E-state index contributed by atoms with van der Waals surface area (Å²) in [4.78, 5) is 0. The van der Waals surface area contributed by atoms with Crippen molar-refractivity contribution in [1.82, 2.24) is 4.57 Å². The Labute approximate surface area is 115 Å². The molecule has 0 aliphatic rings. The summed E-state index contributed by atoms with van der Waals surface area (Å²) < 4.78 is 15.9. The van der Waals surface area contributed by atoms with E-state index in [4.69, 9.17) is 17.3 Å². The monoisotopic (exact) mass is 274 g/mol. The molecule has 0 fully saturated rings. The maximum atomic E-state index is 13.9. The number of hydrogen-bond donors (Lipinski definition) is 1. The first-order chi connectivity index (χ1) is 9.16. The summed E-state index contributed by atoms with van der Waals surface area (Å²) in [6.45, 7) is 0.430. The number of benzene rings is 2. The number of fused-ring (bicyclic) bond motifs is 1. The summed E-state index contributed by atoms with van der Waals surface area (Å²) in [5.74, 6) is -0.366. The van der Waals surface area contributed by atoms with E-state index in [1.807, 2.05) is 35.0 Å². The Bertz CT molecular complexity index is 749. The summed E-state index contributed by atoms with van der Waals surface area (Å²) in [6.07, 6.45) is 1.90. The van der Waals surface area contributed by atoms with Crippen molar-refractivity contribution in [2.24, 2.45) is 0 Å². The zero-order valence-corrected chi connectivity index (χ0v) is 10.9. The zero-order valence-electron chi connectivity index (χ0n) is 10.1. The molecule has 0 unspecified atom stereocenters. The molecule has 0 saturated heterocycles. The predicted octanol–water partition coefficient (Wildman–Crippen LogP) is 4.06. The Morgan fingerprint density at radius 1 is 1.11 bits per heavy atom. The van der Waals surface area contributed by atoms with Crippen LogP contribution < -0.4 is 5.73 Å². The van der Waals surface area contributed by atoms with Gasteiger partial charge in [0.15, 0.2) is 0 Å². The van der Waals surface area contributed by atoms with Crippen molar-refractivity contribution in [3.8, 4) is 0 Å². The Balaban J connectivity index is 2.07. The van der Waals surface area contributed by atoms with E-state index in [9.17, 15) is 4.39 Å². The fraction of sp³-hybridized carbons (Fsp3) is 0.0667. The molecule has 2 nitrogen and oxygen atoms in total. The Morgan fingerprint density at radius 2 is 1.89 bits per heavy atom. The second-order valence-electron chi connectivity index (χ2n) is 4.44. The number of nitrogens with two attached hydrogens (primary N) is 1. The second-order valence-corrected chi connectivity index (χ2v) is 4.84. The molecule has 19 heavy (non-hydrogen) atoms. The average Bonchev–Trinajstić information content (AvgIpc) is 2.80. The minimum absolute atomic E-state index is 0.147. The smallest absolute Gasteiger partial charge is 0.146 e. The van der Waals surface area contributed by atoms with E-state index in [1.54, 1.807) is 18.2 Å². The highest BCUT2D eigenvalue weighted by atomic mass is 35.5. The largest absolute Gasteiger partial charge is 0.398 e. The first-order valence-electron chi connectivity index (χ1n) is 5.93. The average molecular weight is 275 g/mol. The van der Waals surface area contributed by atoms with Gasteiger partial charge in [-0.15, -0.1) is 0 Å². The van der Waals surface area contributed by atoms with Crippen molar-refractivity contribution < 1.29 is 4.39 Å². The van der Waals surface area contributed by atoms with Crippen LogP contribution in [0.2, 0.25) is 5.02 Å². The molecule has 96 valence electrons. The van der Waals surface area contributed by atoms with Gasteiger partial charge in [-0.25, -0.2) is 4.39 Å². The molecular weight excluding hydrogens is 263 g/mol. The molecule has 0 spiro atoms. The van der Waals surface area contributed by atoms with E-state index in [0.29, 0.717) is 12.1 Å². The topological polar surface area (TPSA) is 30.9 Å². The lowest BCUT2D eigenvalue weighted by Gasteiger charge is -2.08. The normalized spacial score (nSPS) is 11.1. The molecule has 0 amide bonds. The van der Waals surface area contributed by atoms with Crippen LogP contribution >= 0.6 is 11.6 Å². The third-order valence-electron chi connectivity index (χ3n) is 3.22. The van der Waals surface area contributed by atoms with Gasteiger partial charge in [0.25, 0.3) is 0 Å². The first kappa shape index (κ1) is 12.1. The molecule has 2 aromatic carbocycles. The lowest BCUT2D eigenvalue weighted by atomic mass is 10.2. The van der Waals surface area contributed by atoms with Crippen LogP contribution in [0.3, 0.4) is 0 Å². The van der Waals surface area contributed by atoms with Crippen molar-refractivity contribution >= 4 is 28.2 Å². The van der Waals surface area contributed by atoms with E-state index < -0.39 is 0 Å². The van der Waals surface area contributed by atoms with Crippen LogP contribution in [0.4, 0.5) is 10.1 Å². The maximum Gasteiger partial charge on any atom is 0.146 e. The molecule has 0 saturated carbocycles. The maximum absolute atomic E-state index is 13.9. The van der Waals surface area contributed by atoms with Crippen LogP contribution in [-0.4, -0.2) is 4.57 Å². The lowest BCUT2D eigenvalue weighted by Crippen LogP contribution is -2.01. The number of nitrogens with zero attached hydrogens (tertiary/aromatic N) is 1. The molecule has 3 rings (SSSR count). The van der Waals surface area contributed by atoms with E-state index in [2.05, 4.69) is 0 Å². The van der Waals surface area contributed by atoms with Gasteiger partial charge < -0.3 is 10.3 Å². The quantitative estimate of drug-likeness (QED) is 0.702. The summed E-state index contributed by atoms with van der Waals surface area (Å²) in [6, 6.07) is 12.7. The van der Waals surface area contributed by atoms with Gasteiger partial charge in [-0.1, -0.05) is 29.8 Å². The Hall–Kier alpha value is -2.00. The SMILES string of the molecule is Nc1cccc2c1ccn2Cc1cccc(Cl)c1F. The van der Waals surface area contributed by atoms with Gasteiger partial charge in [0.2, 0.25) is 0 Å². The standard InChI is InChI=1S/C15H12ClFN2/c16-12-4-1-3-10(15(12)17)9-19-8-7-11-13(18)5-2-6-14(11)19/h1-8H,9,18H2. The minimum Gasteiger partial charge on any atom is -0.398 e. The highest BCUT2D eigenvalue weighted by Crippen LogP contribution is 2.24. The number of halogens is 2. The van der Waals surface area contributed by atoms with Crippen LogP contribution in [0.1, 0.15) is 5.56 Å². The van der Waals surface area contributed by atoms with Gasteiger partial charge in [-0.2, -0.15) is 0 Å². The van der Waals surface area contributed by atoms with Gasteiger partial charge in [0.05, 0.1) is 17.1 Å². The number of anilines is 1. The minimum atomic E-state index is -0.366. The van der Waals surface area contributed by atoms with Crippen LogP contribution in [-0.2, 0) is 6.54 Å². The van der Waals surface area contributed by atoms with E-state index in [1.165, 1.54) is 0 Å².